The van der Waals surface area contributed by atoms with Gasteiger partial charge >= 0.3 is 0 Å². The number of nitrogens with zero attached hydrogens (tertiary/aromatic N) is 2. The molecule has 0 aliphatic carbocycles. The van der Waals surface area contributed by atoms with Crippen LogP contribution in [0.3, 0.4) is 0 Å². The molecule has 0 bridgehead atoms. The first-order valence-electron chi connectivity index (χ1n) is 7.98. The van der Waals surface area contributed by atoms with Crippen LogP contribution in [0.2, 0.25) is 0 Å². The lowest BCUT2D eigenvalue weighted by atomic mass is 10.2. The van der Waals surface area contributed by atoms with Crippen molar-refractivity contribution in [3.8, 4) is 5.75 Å². The van der Waals surface area contributed by atoms with Crippen molar-refractivity contribution in [3.63, 3.8) is 0 Å². The molecule has 0 saturated carbocycles. The Morgan fingerprint density at radius 3 is 2.41 bits per heavy atom. The molecule has 2 aliphatic heterocycles. The third-order valence-corrected chi connectivity index (χ3v) is 4.14. The lowest BCUT2D eigenvalue weighted by Crippen LogP contribution is -2.38. The van der Waals surface area contributed by atoms with E-state index in [9.17, 15) is 0 Å². The maximum atomic E-state index is 6.04. The molecular weight excluding hydrogens is 282 g/mol. The zero-order chi connectivity index (χ0) is 15.2. The first kappa shape index (κ1) is 15.4. The van der Waals surface area contributed by atoms with Gasteiger partial charge < -0.3 is 24.8 Å². The minimum atomic E-state index is 0.650. The minimum absolute atomic E-state index is 0.650. The van der Waals surface area contributed by atoms with Gasteiger partial charge in [-0.25, -0.2) is 0 Å². The van der Waals surface area contributed by atoms with Gasteiger partial charge in [0.1, 0.15) is 12.4 Å². The van der Waals surface area contributed by atoms with Crippen LogP contribution in [0, 0.1) is 0 Å². The molecule has 2 N–H and O–H groups in total. The predicted octanol–water partition coefficient (Wildman–Crippen LogP) is 0.816. The topological polar surface area (TPSA) is 60.2 Å². The van der Waals surface area contributed by atoms with Crippen LogP contribution >= 0.6 is 0 Å². The van der Waals surface area contributed by atoms with Gasteiger partial charge in [-0.15, -0.1) is 0 Å². The summed E-state index contributed by atoms with van der Waals surface area (Å²) >= 11 is 0. The van der Waals surface area contributed by atoms with Gasteiger partial charge in [-0.2, -0.15) is 0 Å². The van der Waals surface area contributed by atoms with Gasteiger partial charge in [0.05, 0.1) is 32.1 Å². The standard InChI is InChI=1S/C16H25N3O3/c17-15-2-1-14(19-6-10-21-11-7-19)13-16(15)22-12-5-18-3-8-20-9-4-18/h1-2,13H,3-12,17H2. The van der Waals surface area contributed by atoms with Crippen LogP contribution in [0.4, 0.5) is 11.4 Å². The smallest absolute Gasteiger partial charge is 0.144 e. The summed E-state index contributed by atoms with van der Waals surface area (Å²) in [5.41, 5.74) is 7.88. The minimum Gasteiger partial charge on any atom is -0.490 e. The zero-order valence-electron chi connectivity index (χ0n) is 13.0. The van der Waals surface area contributed by atoms with Crippen LogP contribution in [0.1, 0.15) is 0 Å². The lowest BCUT2D eigenvalue weighted by Gasteiger charge is -2.29. The molecule has 6 nitrogen and oxygen atoms in total. The lowest BCUT2D eigenvalue weighted by molar-refractivity contribution is 0.0323. The van der Waals surface area contributed by atoms with E-state index in [0.717, 1.165) is 70.6 Å². The molecular formula is C16H25N3O3. The van der Waals surface area contributed by atoms with Crippen LogP contribution in [0.15, 0.2) is 18.2 Å². The fraction of sp³-hybridized carbons (Fsp3) is 0.625. The molecule has 2 aliphatic rings. The highest BCUT2D eigenvalue weighted by Crippen LogP contribution is 2.28. The average Bonchev–Trinajstić information content (AvgIpc) is 2.58. The van der Waals surface area contributed by atoms with Crippen LogP contribution in [-0.2, 0) is 9.47 Å². The van der Waals surface area contributed by atoms with E-state index >= 15 is 0 Å². The molecule has 1 aromatic rings. The molecule has 0 aromatic heterocycles. The van der Waals surface area contributed by atoms with Crippen LogP contribution in [0.25, 0.3) is 0 Å². The van der Waals surface area contributed by atoms with Gasteiger partial charge in [0.25, 0.3) is 0 Å². The number of morpholine rings is 2. The Balaban J connectivity index is 1.55. The normalized spacial score (nSPS) is 20.1. The molecule has 2 fully saturated rings. The molecule has 0 atom stereocenters. The number of rotatable bonds is 5. The van der Waals surface area contributed by atoms with E-state index < -0.39 is 0 Å². The van der Waals surface area contributed by atoms with Crippen LogP contribution in [0.5, 0.6) is 5.75 Å². The van der Waals surface area contributed by atoms with Crippen molar-refractivity contribution in [3.05, 3.63) is 18.2 Å². The summed E-state index contributed by atoms with van der Waals surface area (Å²) in [6.07, 6.45) is 0. The number of hydrogen-bond donors (Lipinski definition) is 1. The third-order valence-electron chi connectivity index (χ3n) is 4.14. The second kappa shape index (κ2) is 7.67. The quantitative estimate of drug-likeness (QED) is 0.813. The molecule has 0 spiro atoms. The number of anilines is 2. The van der Waals surface area contributed by atoms with E-state index in [1.165, 1.54) is 0 Å². The SMILES string of the molecule is Nc1ccc(N2CCOCC2)cc1OCCN1CCOCC1. The first-order valence-corrected chi connectivity index (χ1v) is 7.98. The van der Waals surface area contributed by atoms with Crippen molar-refractivity contribution < 1.29 is 14.2 Å². The molecule has 0 unspecified atom stereocenters. The number of hydrogen-bond acceptors (Lipinski definition) is 6. The van der Waals surface area contributed by atoms with Crippen molar-refractivity contribution in [2.24, 2.45) is 0 Å². The van der Waals surface area contributed by atoms with Crippen LogP contribution < -0.4 is 15.4 Å². The summed E-state index contributed by atoms with van der Waals surface area (Å²) in [7, 11) is 0. The van der Waals surface area contributed by atoms with E-state index in [0.29, 0.717) is 12.3 Å². The van der Waals surface area contributed by atoms with E-state index in [2.05, 4.69) is 15.9 Å². The maximum Gasteiger partial charge on any atom is 0.144 e. The van der Waals surface area contributed by atoms with Crippen molar-refractivity contribution >= 4 is 11.4 Å². The molecule has 122 valence electrons. The maximum absolute atomic E-state index is 6.04. The van der Waals surface area contributed by atoms with Gasteiger partial charge in [-0.1, -0.05) is 0 Å². The number of benzene rings is 1. The second-order valence-electron chi connectivity index (χ2n) is 5.62. The summed E-state index contributed by atoms with van der Waals surface area (Å²) in [4.78, 5) is 4.66. The second-order valence-corrected chi connectivity index (χ2v) is 5.62. The van der Waals surface area contributed by atoms with Crippen molar-refractivity contribution in [1.29, 1.82) is 0 Å². The molecule has 3 rings (SSSR count). The number of nitrogens with two attached hydrogens (primary N) is 1. The summed E-state index contributed by atoms with van der Waals surface area (Å²) in [5.74, 6) is 0.775. The third kappa shape index (κ3) is 4.03. The highest BCUT2D eigenvalue weighted by Gasteiger charge is 2.14. The molecule has 2 saturated heterocycles. The van der Waals surface area contributed by atoms with Gasteiger partial charge in [-0.05, 0) is 12.1 Å². The molecule has 2 heterocycles. The highest BCUT2D eigenvalue weighted by atomic mass is 16.5. The molecule has 6 heteroatoms. The molecule has 22 heavy (non-hydrogen) atoms. The van der Waals surface area contributed by atoms with Crippen molar-refractivity contribution in [2.75, 3.05) is 76.4 Å². The Hall–Kier alpha value is -1.50. The van der Waals surface area contributed by atoms with Crippen LogP contribution in [-0.4, -0.2) is 70.7 Å². The first-order chi connectivity index (χ1) is 10.8. The van der Waals surface area contributed by atoms with Gasteiger partial charge in [0.2, 0.25) is 0 Å². The van der Waals surface area contributed by atoms with E-state index in [-0.39, 0.29) is 0 Å². The Morgan fingerprint density at radius 2 is 1.68 bits per heavy atom. The monoisotopic (exact) mass is 307 g/mol. The van der Waals surface area contributed by atoms with E-state index in [1.54, 1.807) is 0 Å². The molecule has 0 radical (unpaired) electrons. The Bertz CT molecular complexity index is 472. The highest BCUT2D eigenvalue weighted by molar-refractivity contribution is 5.62. The Kier molecular flexibility index (Phi) is 5.37. The summed E-state index contributed by atoms with van der Waals surface area (Å²) in [5, 5.41) is 0. The van der Waals surface area contributed by atoms with Gasteiger partial charge in [0, 0.05) is 44.5 Å². The van der Waals surface area contributed by atoms with E-state index in [4.69, 9.17) is 19.9 Å². The fourth-order valence-corrected chi connectivity index (χ4v) is 2.78. The number of ether oxygens (including phenoxy) is 3. The van der Waals surface area contributed by atoms with Crippen molar-refractivity contribution in [2.45, 2.75) is 0 Å². The zero-order valence-corrected chi connectivity index (χ0v) is 13.0. The van der Waals surface area contributed by atoms with Crippen molar-refractivity contribution in [1.82, 2.24) is 4.90 Å². The summed E-state index contributed by atoms with van der Waals surface area (Å²) < 4.78 is 16.6. The largest absolute Gasteiger partial charge is 0.490 e. The average molecular weight is 307 g/mol. The molecule has 1 aromatic carbocycles. The van der Waals surface area contributed by atoms with E-state index in [1.807, 2.05) is 12.1 Å². The molecule has 0 amide bonds. The van der Waals surface area contributed by atoms with Gasteiger partial charge in [0.15, 0.2) is 0 Å². The predicted molar refractivity (Wildman–Crippen MR) is 86.6 cm³/mol. The van der Waals surface area contributed by atoms with Gasteiger partial charge in [-0.3, -0.25) is 4.90 Å². The Labute approximate surface area is 131 Å². The Morgan fingerprint density at radius 1 is 1.00 bits per heavy atom. The summed E-state index contributed by atoms with van der Waals surface area (Å²) in [6, 6.07) is 6.02. The fourth-order valence-electron chi connectivity index (χ4n) is 2.78. The number of nitrogen functional groups attached to an aromatic ring is 1. The summed E-state index contributed by atoms with van der Waals surface area (Å²) in [6.45, 7) is 8.52.